The van der Waals surface area contributed by atoms with E-state index in [0.717, 1.165) is 24.0 Å². The number of benzene rings is 2. The number of carbonyl (C=O) groups excluding carboxylic acids is 1. The predicted molar refractivity (Wildman–Crippen MR) is 103 cm³/mol. The summed E-state index contributed by atoms with van der Waals surface area (Å²) in [6.07, 6.45) is 1.84. The smallest absolute Gasteiger partial charge is 0.387 e. The zero-order valence-corrected chi connectivity index (χ0v) is 16.3. The van der Waals surface area contributed by atoms with Crippen molar-refractivity contribution >= 4 is 23.3 Å². The monoisotopic (exact) mass is 410 g/mol. The molecule has 0 saturated heterocycles. The third-order valence-corrected chi connectivity index (χ3v) is 4.72. The SMILES string of the molecule is COc1cc(CN(C(=O)Nc2cc(Cl)ccc2C)C2CC2)ccc1OC(F)F. The lowest BCUT2D eigenvalue weighted by atomic mass is 10.2. The van der Waals surface area contributed by atoms with Gasteiger partial charge in [-0.15, -0.1) is 0 Å². The van der Waals surface area contributed by atoms with E-state index in [-0.39, 0.29) is 23.6 Å². The molecule has 3 rings (SSSR count). The van der Waals surface area contributed by atoms with Gasteiger partial charge in [-0.1, -0.05) is 23.7 Å². The molecule has 0 spiro atoms. The van der Waals surface area contributed by atoms with Crippen LogP contribution in [0.1, 0.15) is 24.0 Å². The third-order valence-electron chi connectivity index (χ3n) is 4.49. The van der Waals surface area contributed by atoms with Crippen LogP contribution in [0.5, 0.6) is 11.5 Å². The number of alkyl halides is 2. The van der Waals surface area contributed by atoms with Crippen molar-refractivity contribution < 1.29 is 23.0 Å². The van der Waals surface area contributed by atoms with Gasteiger partial charge >= 0.3 is 12.6 Å². The Balaban J connectivity index is 1.76. The maximum atomic E-state index is 12.8. The number of carbonyl (C=O) groups is 1. The Labute approximate surface area is 167 Å². The molecule has 2 amide bonds. The summed E-state index contributed by atoms with van der Waals surface area (Å²) < 4.78 is 34.6. The minimum atomic E-state index is -2.94. The lowest BCUT2D eigenvalue weighted by Crippen LogP contribution is -2.36. The zero-order chi connectivity index (χ0) is 20.3. The van der Waals surface area contributed by atoms with E-state index in [1.807, 2.05) is 13.0 Å². The number of hydrogen-bond acceptors (Lipinski definition) is 3. The zero-order valence-electron chi connectivity index (χ0n) is 15.5. The van der Waals surface area contributed by atoms with Crippen LogP contribution in [0.3, 0.4) is 0 Å². The number of ether oxygens (including phenoxy) is 2. The van der Waals surface area contributed by atoms with Crippen molar-refractivity contribution in [2.75, 3.05) is 12.4 Å². The summed E-state index contributed by atoms with van der Waals surface area (Å²) in [6.45, 7) is -0.726. The Morgan fingerprint density at radius 1 is 1.25 bits per heavy atom. The van der Waals surface area contributed by atoms with E-state index in [1.165, 1.54) is 13.2 Å². The average Bonchev–Trinajstić information content (AvgIpc) is 3.48. The lowest BCUT2D eigenvalue weighted by Gasteiger charge is -2.24. The molecule has 150 valence electrons. The van der Waals surface area contributed by atoms with Crippen molar-refractivity contribution in [3.63, 3.8) is 0 Å². The molecule has 8 heteroatoms. The molecular formula is C20H21ClF2N2O3. The molecule has 2 aromatic rings. The van der Waals surface area contributed by atoms with Crippen molar-refractivity contribution in [2.45, 2.75) is 39.0 Å². The van der Waals surface area contributed by atoms with Crippen LogP contribution >= 0.6 is 11.6 Å². The first-order valence-corrected chi connectivity index (χ1v) is 9.20. The van der Waals surface area contributed by atoms with Crippen molar-refractivity contribution in [3.8, 4) is 11.5 Å². The van der Waals surface area contributed by atoms with E-state index in [9.17, 15) is 13.6 Å². The third kappa shape index (κ3) is 5.04. The Kier molecular flexibility index (Phi) is 6.24. The maximum absolute atomic E-state index is 12.8. The number of halogens is 3. The minimum Gasteiger partial charge on any atom is -0.493 e. The van der Waals surface area contributed by atoms with Gasteiger partial charge in [0, 0.05) is 23.3 Å². The van der Waals surface area contributed by atoms with E-state index in [1.54, 1.807) is 29.2 Å². The van der Waals surface area contributed by atoms with Crippen molar-refractivity contribution in [1.29, 1.82) is 0 Å². The molecule has 1 N–H and O–H groups in total. The molecule has 0 heterocycles. The number of anilines is 1. The molecule has 28 heavy (non-hydrogen) atoms. The Hall–Kier alpha value is -2.54. The van der Waals surface area contributed by atoms with Gasteiger partial charge in [0.15, 0.2) is 11.5 Å². The average molecular weight is 411 g/mol. The lowest BCUT2D eigenvalue weighted by molar-refractivity contribution is -0.0512. The Bertz CT molecular complexity index is 859. The number of amides is 2. The summed E-state index contributed by atoms with van der Waals surface area (Å²) >= 11 is 6.02. The van der Waals surface area contributed by atoms with Crippen molar-refractivity contribution in [3.05, 3.63) is 52.5 Å². The second-order valence-electron chi connectivity index (χ2n) is 6.61. The molecule has 0 atom stereocenters. The summed E-state index contributed by atoms with van der Waals surface area (Å²) in [4.78, 5) is 14.6. The first kappa shape index (κ1) is 20.2. The van der Waals surface area contributed by atoms with Gasteiger partial charge in [0.05, 0.1) is 7.11 Å². The van der Waals surface area contributed by atoms with Gasteiger partial charge in [-0.3, -0.25) is 0 Å². The minimum absolute atomic E-state index is 0.0433. The van der Waals surface area contributed by atoms with Gasteiger partial charge in [0.25, 0.3) is 0 Å². The van der Waals surface area contributed by atoms with Crippen LogP contribution < -0.4 is 14.8 Å². The number of methoxy groups -OCH3 is 1. The van der Waals surface area contributed by atoms with Crippen LogP contribution in [0.25, 0.3) is 0 Å². The van der Waals surface area contributed by atoms with Crippen LogP contribution in [0, 0.1) is 6.92 Å². The fraction of sp³-hybridized carbons (Fsp3) is 0.350. The topological polar surface area (TPSA) is 50.8 Å². The van der Waals surface area contributed by atoms with Crippen molar-refractivity contribution in [1.82, 2.24) is 4.90 Å². The summed E-state index contributed by atoms with van der Waals surface area (Å²) in [5.74, 6) is 0.151. The fourth-order valence-corrected chi connectivity index (χ4v) is 3.04. The molecule has 2 aromatic carbocycles. The van der Waals surface area contributed by atoms with Crippen LogP contribution in [-0.2, 0) is 6.54 Å². The first-order valence-electron chi connectivity index (χ1n) is 8.83. The van der Waals surface area contributed by atoms with E-state index in [0.29, 0.717) is 17.3 Å². The highest BCUT2D eigenvalue weighted by molar-refractivity contribution is 6.31. The molecule has 0 bridgehead atoms. The summed E-state index contributed by atoms with van der Waals surface area (Å²) in [5.41, 5.74) is 2.31. The second-order valence-corrected chi connectivity index (χ2v) is 7.05. The molecule has 1 fully saturated rings. The predicted octanol–water partition coefficient (Wildman–Crippen LogP) is 5.45. The number of urea groups is 1. The van der Waals surface area contributed by atoms with Gasteiger partial charge in [-0.05, 0) is 55.2 Å². The highest BCUT2D eigenvalue weighted by atomic mass is 35.5. The number of nitrogens with one attached hydrogen (secondary N) is 1. The maximum Gasteiger partial charge on any atom is 0.387 e. The summed E-state index contributed by atoms with van der Waals surface area (Å²) in [7, 11) is 1.38. The second kappa shape index (κ2) is 8.65. The van der Waals surface area contributed by atoms with Crippen LogP contribution in [0.15, 0.2) is 36.4 Å². The van der Waals surface area contributed by atoms with Gasteiger partial charge in [-0.2, -0.15) is 8.78 Å². The molecule has 5 nitrogen and oxygen atoms in total. The van der Waals surface area contributed by atoms with E-state index in [2.05, 4.69) is 10.1 Å². The van der Waals surface area contributed by atoms with Gasteiger partial charge < -0.3 is 19.7 Å². The normalized spacial score (nSPS) is 13.4. The highest BCUT2D eigenvalue weighted by Gasteiger charge is 2.33. The van der Waals surface area contributed by atoms with E-state index >= 15 is 0 Å². The van der Waals surface area contributed by atoms with Gasteiger partial charge in [0.2, 0.25) is 0 Å². The number of aryl methyl sites for hydroxylation is 1. The Morgan fingerprint density at radius 3 is 2.64 bits per heavy atom. The molecule has 0 radical (unpaired) electrons. The van der Waals surface area contributed by atoms with Gasteiger partial charge in [0.1, 0.15) is 0 Å². The molecular weight excluding hydrogens is 390 g/mol. The molecule has 1 aliphatic rings. The van der Waals surface area contributed by atoms with E-state index in [4.69, 9.17) is 16.3 Å². The van der Waals surface area contributed by atoms with E-state index < -0.39 is 6.61 Å². The fourth-order valence-electron chi connectivity index (χ4n) is 2.87. The van der Waals surface area contributed by atoms with Crippen LogP contribution in [0.4, 0.5) is 19.3 Å². The largest absolute Gasteiger partial charge is 0.493 e. The van der Waals surface area contributed by atoms with Crippen molar-refractivity contribution in [2.24, 2.45) is 0 Å². The molecule has 1 saturated carbocycles. The van der Waals surface area contributed by atoms with Gasteiger partial charge in [-0.25, -0.2) is 4.79 Å². The number of rotatable bonds is 7. The quantitative estimate of drug-likeness (QED) is 0.659. The summed E-state index contributed by atoms with van der Waals surface area (Å²) in [6, 6.07) is 9.89. The molecule has 0 aliphatic heterocycles. The highest BCUT2D eigenvalue weighted by Crippen LogP contribution is 2.33. The number of nitrogens with zero attached hydrogens (tertiary/aromatic N) is 1. The van der Waals surface area contributed by atoms with Crippen LogP contribution in [0.2, 0.25) is 5.02 Å². The molecule has 0 aromatic heterocycles. The standard InChI is InChI=1S/C20H21ClF2N2O3/c1-12-3-5-14(21)10-16(12)24-20(26)25(15-6-7-15)11-13-4-8-17(28-19(22)23)18(9-13)27-2/h3-5,8-10,15,19H,6-7,11H2,1-2H3,(H,24,26). The van der Waals surface area contributed by atoms with Crippen LogP contribution in [-0.4, -0.2) is 30.7 Å². The summed E-state index contributed by atoms with van der Waals surface area (Å²) in [5, 5.41) is 3.45. The first-order chi connectivity index (χ1) is 13.4. The Morgan fingerprint density at radius 2 is 2.00 bits per heavy atom. The molecule has 1 aliphatic carbocycles. The molecule has 0 unspecified atom stereocenters. The number of hydrogen-bond donors (Lipinski definition) is 1.